The Balaban J connectivity index is 1.93. The van der Waals surface area contributed by atoms with E-state index in [1.54, 1.807) is 24.3 Å². The summed E-state index contributed by atoms with van der Waals surface area (Å²) < 4.78 is 32.0. The molecule has 4 nitrogen and oxygen atoms in total. The summed E-state index contributed by atoms with van der Waals surface area (Å²) in [7, 11) is -3.29. The predicted octanol–water partition coefficient (Wildman–Crippen LogP) is 3.66. The highest BCUT2D eigenvalue weighted by atomic mass is 32.2. The molecule has 0 unspecified atom stereocenters. The third kappa shape index (κ3) is 5.41. The first-order chi connectivity index (χ1) is 10.4. The number of anilines is 1. The molecule has 0 fully saturated rings. The smallest absolute Gasteiger partial charge is 0.232 e. The van der Waals surface area contributed by atoms with Gasteiger partial charge in [-0.25, -0.2) is 8.42 Å². The third-order valence-corrected chi connectivity index (χ3v) is 4.58. The third-order valence-electron chi connectivity index (χ3n) is 2.93. The van der Waals surface area contributed by atoms with Gasteiger partial charge < -0.3 is 4.74 Å². The summed E-state index contributed by atoms with van der Waals surface area (Å²) in [6, 6.07) is 16.8. The lowest BCUT2D eigenvalue weighted by molar-refractivity contribution is 0.306. The van der Waals surface area contributed by atoms with E-state index in [-0.39, 0.29) is 11.7 Å². The highest BCUT2D eigenvalue weighted by molar-refractivity contribution is 7.92. The fraction of sp³-hybridized carbons (Fsp3) is 0.294. The van der Waals surface area contributed by atoms with E-state index in [0.717, 1.165) is 5.56 Å². The van der Waals surface area contributed by atoms with Crippen molar-refractivity contribution < 1.29 is 13.2 Å². The molecule has 2 aromatic rings. The van der Waals surface area contributed by atoms with Gasteiger partial charge in [-0.15, -0.1) is 0 Å². The van der Waals surface area contributed by atoms with Gasteiger partial charge in [0.2, 0.25) is 10.0 Å². The second-order valence-corrected chi connectivity index (χ2v) is 7.34. The van der Waals surface area contributed by atoms with Gasteiger partial charge >= 0.3 is 0 Å². The molecule has 0 aromatic heterocycles. The van der Waals surface area contributed by atoms with E-state index in [9.17, 15) is 8.42 Å². The molecular formula is C17H21NO3S. The first kappa shape index (κ1) is 16.4. The average molecular weight is 319 g/mol. The van der Waals surface area contributed by atoms with Crippen molar-refractivity contribution in [3.8, 4) is 5.75 Å². The van der Waals surface area contributed by atoms with Crippen LogP contribution in [-0.4, -0.2) is 14.2 Å². The normalized spacial score (nSPS) is 11.4. The maximum atomic E-state index is 11.9. The molecule has 0 bridgehead atoms. The monoisotopic (exact) mass is 319 g/mol. The van der Waals surface area contributed by atoms with Crippen molar-refractivity contribution in [1.29, 1.82) is 0 Å². The predicted molar refractivity (Wildman–Crippen MR) is 89.5 cm³/mol. The second-order valence-electron chi connectivity index (χ2n) is 5.58. The largest absolute Gasteiger partial charge is 0.489 e. The first-order valence-corrected chi connectivity index (χ1v) is 8.87. The Kier molecular flexibility index (Phi) is 5.44. The van der Waals surface area contributed by atoms with E-state index in [2.05, 4.69) is 4.72 Å². The second kappa shape index (κ2) is 7.31. The Hall–Kier alpha value is -2.01. The van der Waals surface area contributed by atoms with E-state index in [1.165, 1.54) is 0 Å². The topological polar surface area (TPSA) is 55.4 Å². The molecular weight excluding hydrogens is 298 g/mol. The minimum absolute atomic E-state index is 0.0889. The highest BCUT2D eigenvalue weighted by Crippen LogP contribution is 2.18. The Labute approximate surface area is 132 Å². The quantitative estimate of drug-likeness (QED) is 0.847. The van der Waals surface area contributed by atoms with Crippen LogP contribution in [0.4, 0.5) is 5.69 Å². The fourth-order valence-electron chi connectivity index (χ4n) is 2.02. The number of sulfonamides is 1. The Morgan fingerprint density at radius 1 is 1.00 bits per heavy atom. The highest BCUT2D eigenvalue weighted by Gasteiger charge is 2.12. The lowest BCUT2D eigenvalue weighted by atomic mass is 10.2. The van der Waals surface area contributed by atoms with Crippen molar-refractivity contribution in [1.82, 2.24) is 0 Å². The maximum absolute atomic E-state index is 11.9. The van der Waals surface area contributed by atoms with Gasteiger partial charge in [0.1, 0.15) is 12.4 Å². The van der Waals surface area contributed by atoms with Gasteiger partial charge in [0.15, 0.2) is 0 Å². The van der Waals surface area contributed by atoms with Crippen molar-refractivity contribution in [3.63, 3.8) is 0 Å². The molecule has 2 aromatic carbocycles. The zero-order valence-electron chi connectivity index (χ0n) is 12.8. The molecule has 0 spiro atoms. The summed E-state index contributed by atoms with van der Waals surface area (Å²) in [6.07, 6.45) is 0. The van der Waals surface area contributed by atoms with E-state index in [1.807, 2.05) is 44.2 Å². The van der Waals surface area contributed by atoms with Crippen LogP contribution in [0.25, 0.3) is 0 Å². The van der Waals surface area contributed by atoms with Crippen molar-refractivity contribution in [2.24, 2.45) is 5.92 Å². The van der Waals surface area contributed by atoms with Crippen LogP contribution < -0.4 is 9.46 Å². The van der Waals surface area contributed by atoms with Gasteiger partial charge in [-0.3, -0.25) is 4.72 Å². The van der Waals surface area contributed by atoms with Crippen LogP contribution in [0.1, 0.15) is 19.4 Å². The maximum Gasteiger partial charge on any atom is 0.232 e. The van der Waals surface area contributed by atoms with E-state index in [4.69, 9.17) is 4.74 Å². The Morgan fingerprint density at radius 3 is 2.23 bits per heavy atom. The van der Waals surface area contributed by atoms with Gasteiger partial charge in [0, 0.05) is 5.69 Å². The molecule has 22 heavy (non-hydrogen) atoms. The lowest BCUT2D eigenvalue weighted by Crippen LogP contribution is -2.19. The van der Waals surface area contributed by atoms with E-state index >= 15 is 0 Å². The molecule has 0 heterocycles. The van der Waals surface area contributed by atoms with Gasteiger partial charge in [-0.05, 0) is 35.7 Å². The van der Waals surface area contributed by atoms with Crippen LogP contribution in [0.5, 0.6) is 5.75 Å². The zero-order chi connectivity index (χ0) is 16.0. The van der Waals surface area contributed by atoms with Crippen LogP contribution in [0.3, 0.4) is 0 Å². The van der Waals surface area contributed by atoms with Crippen molar-refractivity contribution in [2.75, 3.05) is 10.5 Å². The van der Waals surface area contributed by atoms with Gasteiger partial charge in [-0.2, -0.15) is 0 Å². The van der Waals surface area contributed by atoms with Crippen LogP contribution >= 0.6 is 0 Å². The molecule has 0 aliphatic rings. The molecule has 2 rings (SSSR count). The van der Waals surface area contributed by atoms with Crippen molar-refractivity contribution in [2.45, 2.75) is 20.5 Å². The molecule has 0 aliphatic heterocycles. The van der Waals surface area contributed by atoms with E-state index in [0.29, 0.717) is 18.0 Å². The molecule has 0 aliphatic carbocycles. The van der Waals surface area contributed by atoms with Crippen molar-refractivity contribution in [3.05, 3.63) is 60.2 Å². The number of nitrogens with one attached hydrogen (secondary N) is 1. The minimum Gasteiger partial charge on any atom is -0.489 e. The molecule has 118 valence electrons. The fourth-order valence-corrected chi connectivity index (χ4v) is 3.48. The molecule has 5 heteroatoms. The summed E-state index contributed by atoms with van der Waals surface area (Å²) >= 11 is 0. The number of benzene rings is 2. The average Bonchev–Trinajstić information content (AvgIpc) is 2.46. The lowest BCUT2D eigenvalue weighted by Gasteiger charge is -2.11. The Bertz CT molecular complexity index is 680. The number of ether oxygens (including phenoxy) is 1. The molecule has 0 amide bonds. The SMILES string of the molecule is CC(C)CS(=O)(=O)Nc1ccc(OCc2ccccc2)cc1. The summed E-state index contributed by atoms with van der Waals surface area (Å²) in [6.45, 7) is 4.23. The van der Waals surface area contributed by atoms with Gasteiger partial charge in [0.25, 0.3) is 0 Å². The van der Waals surface area contributed by atoms with Crippen LogP contribution in [0, 0.1) is 5.92 Å². The van der Waals surface area contributed by atoms with Crippen LogP contribution in [0.2, 0.25) is 0 Å². The van der Waals surface area contributed by atoms with E-state index < -0.39 is 10.0 Å². The molecule has 0 saturated heterocycles. The van der Waals surface area contributed by atoms with Gasteiger partial charge in [0.05, 0.1) is 5.75 Å². The first-order valence-electron chi connectivity index (χ1n) is 7.22. The van der Waals surface area contributed by atoms with Crippen LogP contribution in [0.15, 0.2) is 54.6 Å². The van der Waals surface area contributed by atoms with Crippen LogP contribution in [-0.2, 0) is 16.6 Å². The van der Waals surface area contributed by atoms with Crippen molar-refractivity contribution >= 4 is 15.7 Å². The summed E-state index contributed by atoms with van der Waals surface area (Å²) in [5.41, 5.74) is 1.64. The molecule has 1 N–H and O–H groups in total. The summed E-state index contributed by atoms with van der Waals surface area (Å²) in [5.74, 6) is 0.904. The van der Waals surface area contributed by atoms with Gasteiger partial charge in [-0.1, -0.05) is 44.2 Å². The Morgan fingerprint density at radius 2 is 1.64 bits per heavy atom. The number of hydrogen-bond acceptors (Lipinski definition) is 3. The minimum atomic E-state index is -3.29. The molecule has 0 saturated carbocycles. The number of hydrogen-bond donors (Lipinski definition) is 1. The summed E-state index contributed by atoms with van der Waals surface area (Å²) in [4.78, 5) is 0. The zero-order valence-corrected chi connectivity index (χ0v) is 13.6. The standard InChI is InChI=1S/C17H21NO3S/c1-14(2)13-22(19,20)18-16-8-10-17(11-9-16)21-12-15-6-4-3-5-7-15/h3-11,14,18H,12-13H2,1-2H3. The summed E-state index contributed by atoms with van der Waals surface area (Å²) in [5, 5.41) is 0. The number of rotatable bonds is 7. The molecule has 0 atom stereocenters. The molecule has 0 radical (unpaired) electrons.